The summed E-state index contributed by atoms with van der Waals surface area (Å²) in [7, 11) is 1.71. The number of rotatable bonds is 8. The number of hydrogen-bond acceptors (Lipinski definition) is 2. The van der Waals surface area contributed by atoms with Crippen molar-refractivity contribution >= 4 is 0 Å². The van der Waals surface area contributed by atoms with E-state index in [9.17, 15) is 0 Å². The lowest BCUT2D eigenvalue weighted by molar-refractivity contribution is -0.671. The molecule has 3 heteroatoms. The topological polar surface area (TPSA) is 35.1 Å². The Hall–Kier alpha value is -1.06. The highest BCUT2D eigenvalue weighted by atomic mass is 16.5. The molecule has 2 rings (SSSR count). The highest BCUT2D eigenvalue weighted by Gasteiger charge is 2.34. The third kappa shape index (κ3) is 5.78. The maximum absolute atomic E-state index is 5.91. The first-order valence-corrected chi connectivity index (χ1v) is 9.50. The molecule has 1 saturated heterocycles. The van der Waals surface area contributed by atoms with Crippen molar-refractivity contribution in [2.75, 3.05) is 20.3 Å². The van der Waals surface area contributed by atoms with E-state index in [0.29, 0.717) is 0 Å². The molecule has 0 amide bonds. The van der Waals surface area contributed by atoms with Crippen LogP contribution >= 0.6 is 0 Å². The molecule has 1 heterocycles. The first-order chi connectivity index (χ1) is 11.4. The summed E-state index contributed by atoms with van der Waals surface area (Å²) in [6.07, 6.45) is 3.73. The SMILES string of the molecule is COc1ccc(C[NH2+]CC[C@@H](C(C)C)[C@H]2CCOC(C)(C)C2)cc1. The summed E-state index contributed by atoms with van der Waals surface area (Å²) in [6, 6.07) is 8.42. The van der Waals surface area contributed by atoms with E-state index >= 15 is 0 Å². The standard InChI is InChI=1S/C21H35NO2/c1-16(2)20(18-11-13-24-21(3,4)14-18)10-12-22-15-17-6-8-19(23-5)9-7-17/h6-9,16,18,20,22H,10-15H2,1-5H3/p+1/t18-,20-/m0/s1. The van der Waals surface area contributed by atoms with Gasteiger partial charge >= 0.3 is 0 Å². The number of quaternary nitrogens is 1. The Kier molecular flexibility index (Phi) is 7.12. The molecule has 0 saturated carbocycles. The fourth-order valence-electron chi connectivity index (χ4n) is 4.10. The monoisotopic (exact) mass is 334 g/mol. The Balaban J connectivity index is 1.79. The molecule has 0 unspecified atom stereocenters. The Morgan fingerprint density at radius 2 is 1.96 bits per heavy atom. The van der Waals surface area contributed by atoms with Crippen LogP contribution in [0.2, 0.25) is 0 Å². The molecular weight excluding hydrogens is 298 g/mol. The van der Waals surface area contributed by atoms with Gasteiger partial charge in [0.2, 0.25) is 0 Å². The molecule has 1 aromatic carbocycles. The molecule has 136 valence electrons. The lowest BCUT2D eigenvalue weighted by atomic mass is 9.73. The van der Waals surface area contributed by atoms with E-state index in [0.717, 1.165) is 36.7 Å². The first kappa shape index (κ1) is 19.3. The summed E-state index contributed by atoms with van der Waals surface area (Å²) in [5.74, 6) is 3.29. The van der Waals surface area contributed by atoms with E-state index in [2.05, 4.69) is 45.1 Å². The van der Waals surface area contributed by atoms with Crippen LogP contribution in [0.15, 0.2) is 24.3 Å². The molecule has 3 nitrogen and oxygen atoms in total. The Bertz CT molecular complexity index is 481. The third-order valence-electron chi connectivity index (χ3n) is 5.44. The summed E-state index contributed by atoms with van der Waals surface area (Å²) in [4.78, 5) is 0. The van der Waals surface area contributed by atoms with Crippen LogP contribution in [-0.2, 0) is 11.3 Å². The van der Waals surface area contributed by atoms with E-state index < -0.39 is 0 Å². The predicted octanol–water partition coefficient (Wildman–Crippen LogP) is 3.63. The maximum atomic E-state index is 5.91. The van der Waals surface area contributed by atoms with Crippen molar-refractivity contribution in [1.29, 1.82) is 0 Å². The van der Waals surface area contributed by atoms with E-state index in [1.54, 1.807) is 7.11 Å². The van der Waals surface area contributed by atoms with Gasteiger partial charge in [0.25, 0.3) is 0 Å². The second kappa shape index (κ2) is 8.87. The normalized spacial score (nSPS) is 21.7. The highest BCUT2D eigenvalue weighted by molar-refractivity contribution is 5.26. The highest BCUT2D eigenvalue weighted by Crippen LogP contribution is 2.37. The fraction of sp³-hybridized carbons (Fsp3) is 0.714. The minimum atomic E-state index is 0.0584. The van der Waals surface area contributed by atoms with E-state index in [-0.39, 0.29) is 5.60 Å². The van der Waals surface area contributed by atoms with Gasteiger partial charge in [0.1, 0.15) is 12.3 Å². The van der Waals surface area contributed by atoms with Crippen LogP contribution in [-0.4, -0.2) is 25.9 Å². The molecule has 2 atom stereocenters. The summed E-state index contributed by atoms with van der Waals surface area (Å²) in [5, 5.41) is 2.45. The van der Waals surface area contributed by atoms with Crippen LogP contribution in [0.1, 0.15) is 52.5 Å². The van der Waals surface area contributed by atoms with E-state index in [1.165, 1.54) is 31.4 Å². The quantitative estimate of drug-likeness (QED) is 0.737. The van der Waals surface area contributed by atoms with Gasteiger partial charge in [-0.2, -0.15) is 0 Å². The van der Waals surface area contributed by atoms with Gasteiger partial charge in [0.05, 0.1) is 19.3 Å². The zero-order valence-electron chi connectivity index (χ0n) is 16.2. The van der Waals surface area contributed by atoms with Gasteiger partial charge in [-0.3, -0.25) is 0 Å². The van der Waals surface area contributed by atoms with Gasteiger partial charge in [-0.05, 0) is 75.1 Å². The van der Waals surface area contributed by atoms with Crippen LogP contribution in [0.3, 0.4) is 0 Å². The van der Waals surface area contributed by atoms with E-state index in [1.807, 2.05) is 12.1 Å². The Morgan fingerprint density at radius 1 is 1.25 bits per heavy atom. The molecule has 1 aromatic rings. The maximum Gasteiger partial charge on any atom is 0.118 e. The van der Waals surface area contributed by atoms with Gasteiger partial charge in [0, 0.05) is 12.2 Å². The molecule has 2 N–H and O–H groups in total. The number of hydrogen-bond donors (Lipinski definition) is 1. The van der Waals surface area contributed by atoms with Crippen molar-refractivity contribution in [1.82, 2.24) is 0 Å². The molecule has 0 aromatic heterocycles. The average molecular weight is 335 g/mol. The van der Waals surface area contributed by atoms with Gasteiger partial charge in [-0.15, -0.1) is 0 Å². The largest absolute Gasteiger partial charge is 0.497 e. The van der Waals surface area contributed by atoms with Crippen LogP contribution < -0.4 is 10.1 Å². The smallest absolute Gasteiger partial charge is 0.118 e. The van der Waals surface area contributed by atoms with Gasteiger partial charge < -0.3 is 14.8 Å². The molecule has 0 radical (unpaired) electrons. The zero-order valence-corrected chi connectivity index (χ0v) is 16.2. The molecular formula is C21H36NO2+. The van der Waals surface area contributed by atoms with Crippen molar-refractivity contribution < 1.29 is 14.8 Å². The Morgan fingerprint density at radius 3 is 2.54 bits per heavy atom. The summed E-state index contributed by atoms with van der Waals surface area (Å²) in [5.41, 5.74) is 1.42. The number of methoxy groups -OCH3 is 1. The molecule has 1 aliphatic rings. The minimum Gasteiger partial charge on any atom is -0.497 e. The minimum absolute atomic E-state index is 0.0584. The predicted molar refractivity (Wildman–Crippen MR) is 99.2 cm³/mol. The van der Waals surface area contributed by atoms with Crippen molar-refractivity contribution in [3.63, 3.8) is 0 Å². The fourth-order valence-corrected chi connectivity index (χ4v) is 4.10. The molecule has 1 aliphatic heterocycles. The Labute approximate surface area is 148 Å². The molecule has 0 aliphatic carbocycles. The first-order valence-electron chi connectivity index (χ1n) is 9.50. The second-order valence-corrected chi connectivity index (χ2v) is 8.19. The van der Waals surface area contributed by atoms with Crippen LogP contribution in [0, 0.1) is 17.8 Å². The summed E-state index contributed by atoms with van der Waals surface area (Å²) in [6.45, 7) is 12.4. The van der Waals surface area contributed by atoms with E-state index in [4.69, 9.17) is 9.47 Å². The van der Waals surface area contributed by atoms with Crippen LogP contribution in [0.4, 0.5) is 0 Å². The molecule has 1 fully saturated rings. The van der Waals surface area contributed by atoms with Gasteiger partial charge in [-0.25, -0.2) is 0 Å². The average Bonchev–Trinajstić information content (AvgIpc) is 2.54. The van der Waals surface area contributed by atoms with Crippen LogP contribution in [0.25, 0.3) is 0 Å². The van der Waals surface area contributed by atoms with Crippen molar-refractivity contribution in [2.45, 2.75) is 59.1 Å². The van der Waals surface area contributed by atoms with Gasteiger partial charge in [0.15, 0.2) is 0 Å². The number of ether oxygens (including phenoxy) is 2. The lowest BCUT2D eigenvalue weighted by Crippen LogP contribution is -2.82. The van der Waals surface area contributed by atoms with Crippen molar-refractivity contribution in [2.24, 2.45) is 17.8 Å². The van der Waals surface area contributed by atoms with Crippen molar-refractivity contribution in [3.05, 3.63) is 29.8 Å². The summed E-state index contributed by atoms with van der Waals surface area (Å²) < 4.78 is 11.1. The molecule has 24 heavy (non-hydrogen) atoms. The summed E-state index contributed by atoms with van der Waals surface area (Å²) >= 11 is 0. The van der Waals surface area contributed by atoms with Gasteiger partial charge in [-0.1, -0.05) is 13.8 Å². The van der Waals surface area contributed by atoms with Crippen LogP contribution in [0.5, 0.6) is 5.75 Å². The number of benzene rings is 1. The molecule has 0 bridgehead atoms. The second-order valence-electron chi connectivity index (χ2n) is 8.19. The zero-order chi connectivity index (χ0) is 17.6. The lowest BCUT2D eigenvalue weighted by Gasteiger charge is -2.40. The van der Waals surface area contributed by atoms with Crippen molar-refractivity contribution in [3.8, 4) is 5.75 Å². The molecule has 0 spiro atoms. The number of nitrogens with two attached hydrogens (primary N) is 1. The third-order valence-corrected chi connectivity index (χ3v) is 5.44.